The summed E-state index contributed by atoms with van der Waals surface area (Å²) in [4.78, 5) is 19.3. The Morgan fingerprint density at radius 1 is 1.63 bits per heavy atom. The molecule has 5 heteroatoms. The smallest absolute Gasteiger partial charge is 0.237 e. The standard InChI is InChI=1S/C14H14N2O2S/c1-3-8-18-15-7-6-11-4-5-13-12(9-11)16(2)14(17)10-19-13/h1,4-5,7,9H,6,8,10H2,2H3/b15-7+. The van der Waals surface area contributed by atoms with Gasteiger partial charge in [0.1, 0.15) is 0 Å². The Kier molecular flexibility index (Phi) is 4.48. The van der Waals surface area contributed by atoms with E-state index in [1.165, 1.54) is 0 Å². The summed E-state index contributed by atoms with van der Waals surface area (Å²) in [7, 11) is 1.80. The van der Waals surface area contributed by atoms with Crippen molar-refractivity contribution >= 4 is 29.6 Å². The molecule has 1 aromatic rings. The minimum Gasteiger partial charge on any atom is -0.383 e. The van der Waals surface area contributed by atoms with Crippen molar-refractivity contribution in [2.24, 2.45) is 5.16 Å². The van der Waals surface area contributed by atoms with Gasteiger partial charge in [0, 0.05) is 24.6 Å². The molecular weight excluding hydrogens is 260 g/mol. The van der Waals surface area contributed by atoms with Crippen molar-refractivity contribution in [2.45, 2.75) is 11.3 Å². The Morgan fingerprint density at radius 3 is 3.26 bits per heavy atom. The third-order valence-electron chi connectivity index (χ3n) is 2.73. The van der Waals surface area contributed by atoms with E-state index in [2.05, 4.69) is 11.1 Å². The summed E-state index contributed by atoms with van der Waals surface area (Å²) in [6.07, 6.45) is 7.34. The van der Waals surface area contributed by atoms with Crippen LogP contribution in [0.2, 0.25) is 0 Å². The molecular formula is C14H14N2O2S. The van der Waals surface area contributed by atoms with E-state index >= 15 is 0 Å². The lowest BCUT2D eigenvalue weighted by Gasteiger charge is -2.25. The summed E-state index contributed by atoms with van der Waals surface area (Å²) in [6, 6.07) is 6.07. The maximum atomic E-state index is 11.6. The molecule has 0 atom stereocenters. The molecule has 1 heterocycles. The fraction of sp³-hybridized carbons (Fsp3) is 0.286. The largest absolute Gasteiger partial charge is 0.383 e. The summed E-state index contributed by atoms with van der Waals surface area (Å²) in [5, 5.41) is 3.75. The van der Waals surface area contributed by atoms with Gasteiger partial charge in [-0.15, -0.1) is 18.2 Å². The Balaban J connectivity index is 2.06. The highest BCUT2D eigenvalue weighted by Gasteiger charge is 2.21. The van der Waals surface area contributed by atoms with Gasteiger partial charge in [-0.1, -0.05) is 17.1 Å². The van der Waals surface area contributed by atoms with Crippen molar-refractivity contribution in [3.05, 3.63) is 23.8 Å². The molecule has 19 heavy (non-hydrogen) atoms. The first-order valence-electron chi connectivity index (χ1n) is 5.82. The highest BCUT2D eigenvalue weighted by Crippen LogP contribution is 2.35. The number of carbonyl (C=O) groups is 1. The molecule has 4 nitrogen and oxygen atoms in total. The second-order valence-corrected chi connectivity index (χ2v) is 5.03. The van der Waals surface area contributed by atoms with Crippen LogP contribution in [0.4, 0.5) is 5.69 Å². The van der Waals surface area contributed by atoms with E-state index in [0.29, 0.717) is 12.2 Å². The number of anilines is 1. The van der Waals surface area contributed by atoms with Gasteiger partial charge < -0.3 is 9.74 Å². The van der Waals surface area contributed by atoms with E-state index in [1.54, 1.807) is 29.9 Å². The third kappa shape index (κ3) is 3.30. The number of benzene rings is 1. The number of rotatable bonds is 4. The van der Waals surface area contributed by atoms with Gasteiger partial charge in [0.25, 0.3) is 0 Å². The summed E-state index contributed by atoms with van der Waals surface area (Å²) in [6.45, 7) is 0.175. The normalized spacial score (nSPS) is 14.3. The van der Waals surface area contributed by atoms with Gasteiger partial charge in [-0.05, 0) is 17.7 Å². The summed E-state index contributed by atoms with van der Waals surface area (Å²) in [5.74, 6) is 2.96. The van der Waals surface area contributed by atoms with E-state index in [-0.39, 0.29) is 12.5 Å². The van der Waals surface area contributed by atoms with E-state index in [4.69, 9.17) is 11.3 Å². The lowest BCUT2D eigenvalue weighted by molar-refractivity contribution is -0.116. The Morgan fingerprint density at radius 2 is 2.47 bits per heavy atom. The third-order valence-corrected chi connectivity index (χ3v) is 3.78. The molecule has 0 unspecified atom stereocenters. The Labute approximate surface area is 116 Å². The first kappa shape index (κ1) is 13.5. The molecule has 2 rings (SSSR count). The molecule has 0 bridgehead atoms. The number of amides is 1. The monoisotopic (exact) mass is 274 g/mol. The lowest BCUT2D eigenvalue weighted by Crippen LogP contribution is -2.31. The number of terminal acetylenes is 1. The fourth-order valence-electron chi connectivity index (χ4n) is 1.71. The summed E-state index contributed by atoms with van der Waals surface area (Å²) in [5.41, 5.74) is 2.03. The average Bonchev–Trinajstić information content (AvgIpc) is 2.43. The minimum atomic E-state index is 0.126. The van der Waals surface area contributed by atoms with Gasteiger partial charge >= 0.3 is 0 Å². The Hall–Kier alpha value is -1.93. The quantitative estimate of drug-likeness (QED) is 0.365. The highest BCUT2D eigenvalue weighted by atomic mass is 32.2. The van der Waals surface area contributed by atoms with Gasteiger partial charge in [-0.2, -0.15) is 0 Å². The number of carbonyl (C=O) groups excluding carboxylic acids is 1. The molecule has 0 saturated carbocycles. The number of hydrogen-bond donors (Lipinski definition) is 0. The second kappa shape index (κ2) is 6.30. The van der Waals surface area contributed by atoms with E-state index < -0.39 is 0 Å². The molecule has 1 aliphatic rings. The zero-order valence-corrected chi connectivity index (χ0v) is 11.4. The summed E-state index contributed by atoms with van der Waals surface area (Å²) >= 11 is 1.57. The number of oxime groups is 1. The van der Waals surface area contributed by atoms with Crippen LogP contribution in [0.3, 0.4) is 0 Å². The summed E-state index contributed by atoms with van der Waals surface area (Å²) < 4.78 is 0. The lowest BCUT2D eigenvalue weighted by atomic mass is 10.1. The predicted molar refractivity (Wildman–Crippen MR) is 77.6 cm³/mol. The first-order chi connectivity index (χ1) is 9.22. The molecule has 0 radical (unpaired) electrons. The van der Waals surface area contributed by atoms with Gasteiger partial charge in [0.2, 0.25) is 5.91 Å². The number of hydrogen-bond acceptors (Lipinski definition) is 4. The maximum absolute atomic E-state index is 11.6. The molecule has 0 fully saturated rings. The van der Waals surface area contributed by atoms with Crippen LogP contribution < -0.4 is 4.90 Å². The molecule has 0 N–H and O–H groups in total. The van der Waals surface area contributed by atoms with Crippen LogP contribution in [0.15, 0.2) is 28.3 Å². The molecule has 0 saturated heterocycles. The van der Waals surface area contributed by atoms with Crippen molar-refractivity contribution in [1.82, 2.24) is 0 Å². The van der Waals surface area contributed by atoms with Crippen molar-refractivity contribution in [1.29, 1.82) is 0 Å². The van der Waals surface area contributed by atoms with Crippen LogP contribution in [-0.2, 0) is 16.1 Å². The van der Waals surface area contributed by atoms with Crippen LogP contribution in [0.25, 0.3) is 0 Å². The molecule has 0 aliphatic carbocycles. The van der Waals surface area contributed by atoms with Crippen LogP contribution in [0.5, 0.6) is 0 Å². The maximum Gasteiger partial charge on any atom is 0.237 e. The van der Waals surface area contributed by atoms with Gasteiger partial charge in [-0.3, -0.25) is 4.79 Å². The van der Waals surface area contributed by atoms with Crippen LogP contribution in [-0.4, -0.2) is 31.5 Å². The minimum absolute atomic E-state index is 0.126. The van der Waals surface area contributed by atoms with Crippen molar-refractivity contribution in [3.8, 4) is 12.3 Å². The zero-order valence-electron chi connectivity index (χ0n) is 10.6. The van der Waals surface area contributed by atoms with Crippen molar-refractivity contribution in [2.75, 3.05) is 24.3 Å². The average molecular weight is 274 g/mol. The topological polar surface area (TPSA) is 41.9 Å². The predicted octanol–water partition coefficient (Wildman–Crippen LogP) is 1.93. The number of thioether (sulfide) groups is 1. The van der Waals surface area contributed by atoms with Crippen molar-refractivity contribution < 1.29 is 9.63 Å². The van der Waals surface area contributed by atoms with E-state index in [9.17, 15) is 4.79 Å². The first-order valence-corrected chi connectivity index (χ1v) is 6.80. The van der Waals surface area contributed by atoms with Crippen LogP contribution >= 0.6 is 11.8 Å². The van der Waals surface area contributed by atoms with Gasteiger partial charge in [-0.25, -0.2) is 0 Å². The molecule has 0 aromatic heterocycles. The SMILES string of the molecule is C#CCO/N=C/Cc1ccc2c(c1)N(C)C(=O)CS2. The van der Waals surface area contributed by atoms with Gasteiger partial charge in [0.05, 0.1) is 11.4 Å². The van der Waals surface area contributed by atoms with Crippen molar-refractivity contribution in [3.63, 3.8) is 0 Å². The second-order valence-electron chi connectivity index (χ2n) is 4.01. The molecule has 1 aromatic carbocycles. The molecule has 98 valence electrons. The van der Waals surface area contributed by atoms with Crippen LogP contribution in [0.1, 0.15) is 5.56 Å². The molecule has 0 spiro atoms. The molecule has 1 amide bonds. The van der Waals surface area contributed by atoms with Gasteiger partial charge in [0.15, 0.2) is 6.61 Å². The number of fused-ring (bicyclic) bond motifs is 1. The van der Waals surface area contributed by atoms with Crippen LogP contribution in [0, 0.1) is 12.3 Å². The fourth-order valence-corrected chi connectivity index (χ4v) is 2.70. The Bertz CT molecular complexity index is 549. The zero-order chi connectivity index (χ0) is 13.7. The van der Waals surface area contributed by atoms with E-state index in [0.717, 1.165) is 16.1 Å². The number of nitrogens with zero attached hydrogens (tertiary/aromatic N) is 2. The molecule has 1 aliphatic heterocycles. The van der Waals surface area contributed by atoms with E-state index in [1.807, 2.05) is 18.2 Å². The highest BCUT2D eigenvalue weighted by molar-refractivity contribution is 8.00.